The van der Waals surface area contributed by atoms with Crippen molar-refractivity contribution < 1.29 is 19.4 Å². The molecule has 0 radical (unpaired) electrons. The van der Waals surface area contributed by atoms with Crippen LogP contribution in [-0.4, -0.2) is 29.8 Å². The van der Waals surface area contributed by atoms with Crippen LogP contribution in [0.1, 0.15) is 13.8 Å². The summed E-state index contributed by atoms with van der Waals surface area (Å²) in [6.45, 7) is 2.83. The van der Waals surface area contributed by atoms with Crippen LogP contribution in [0, 0.1) is 0 Å². The second kappa shape index (κ2) is 7.79. The van der Waals surface area contributed by atoms with Gasteiger partial charge in [-0.2, -0.15) is 0 Å². The van der Waals surface area contributed by atoms with Gasteiger partial charge in [-0.05, 0) is 13.8 Å². The number of carboxylic acids is 1. The Morgan fingerprint density at radius 3 is 1.82 bits per heavy atom. The third-order valence-corrected chi connectivity index (χ3v) is 4.89. The molecule has 1 N–H and O–H groups in total. The highest BCUT2D eigenvalue weighted by molar-refractivity contribution is 6.56. The first-order valence-electron chi connectivity index (χ1n) is 5.85. The number of benzene rings is 1. The summed E-state index contributed by atoms with van der Waals surface area (Å²) in [4.78, 5) is 24.1. The largest absolute Gasteiger partial charge is 0.480 e. The lowest BCUT2D eigenvalue weighted by Gasteiger charge is -2.28. The number of halogens is 5. The van der Waals surface area contributed by atoms with E-state index in [1.54, 1.807) is 6.92 Å². The Hall–Kier alpha value is -0.590. The maximum Gasteiger partial charge on any atom is 0.415 e. The number of aliphatic carboxylic acids is 1. The van der Waals surface area contributed by atoms with Crippen molar-refractivity contribution in [3.05, 3.63) is 25.1 Å². The van der Waals surface area contributed by atoms with Crippen molar-refractivity contribution in [1.29, 1.82) is 0 Å². The zero-order chi connectivity index (χ0) is 17.2. The molecule has 10 heteroatoms. The van der Waals surface area contributed by atoms with Gasteiger partial charge in [0.15, 0.2) is 0 Å². The van der Waals surface area contributed by atoms with Crippen molar-refractivity contribution >= 4 is 75.8 Å². The van der Waals surface area contributed by atoms with Crippen molar-refractivity contribution in [3.8, 4) is 0 Å². The predicted octanol–water partition coefficient (Wildman–Crippen LogP) is 5.39. The predicted molar refractivity (Wildman–Crippen MR) is 88.1 cm³/mol. The summed E-state index contributed by atoms with van der Waals surface area (Å²) in [6.07, 6.45) is -0.962. The lowest BCUT2D eigenvalue weighted by atomic mass is 10.2. The fourth-order valence-electron chi connectivity index (χ4n) is 1.55. The van der Waals surface area contributed by atoms with Gasteiger partial charge < -0.3 is 9.84 Å². The Morgan fingerprint density at radius 1 is 1.05 bits per heavy atom. The molecule has 1 amide bonds. The van der Waals surface area contributed by atoms with Crippen LogP contribution in [-0.2, 0) is 9.53 Å². The molecule has 1 aromatic carbocycles. The maximum absolute atomic E-state index is 12.1. The minimum Gasteiger partial charge on any atom is -0.480 e. The first-order chi connectivity index (χ1) is 10.1. The zero-order valence-corrected chi connectivity index (χ0v) is 15.1. The number of amides is 1. The summed E-state index contributed by atoms with van der Waals surface area (Å²) in [6, 6.07) is -1.33. The molecule has 0 spiro atoms. The Labute approximate surface area is 151 Å². The molecular weight excluding hydrogens is 399 g/mol. The molecule has 0 heterocycles. The summed E-state index contributed by atoms with van der Waals surface area (Å²) in [5, 5.41) is 8.36. The van der Waals surface area contributed by atoms with E-state index in [4.69, 9.17) is 62.7 Å². The van der Waals surface area contributed by atoms with E-state index >= 15 is 0 Å². The quantitative estimate of drug-likeness (QED) is 0.535. The van der Waals surface area contributed by atoms with Gasteiger partial charge in [-0.15, -0.1) is 0 Å². The van der Waals surface area contributed by atoms with Gasteiger partial charge in [0.25, 0.3) is 0 Å². The second-order valence-electron chi connectivity index (χ2n) is 4.00. The van der Waals surface area contributed by atoms with Crippen LogP contribution < -0.4 is 4.90 Å². The van der Waals surface area contributed by atoms with E-state index in [2.05, 4.69) is 0 Å². The number of rotatable bonds is 4. The molecule has 0 aliphatic carbocycles. The van der Waals surface area contributed by atoms with Crippen molar-refractivity contribution in [2.45, 2.75) is 19.9 Å². The maximum atomic E-state index is 12.1. The highest BCUT2D eigenvalue weighted by Crippen LogP contribution is 2.48. The molecule has 0 aromatic heterocycles. The Bertz CT molecular complexity index is 593. The molecule has 1 rings (SSSR count). The summed E-state index contributed by atoms with van der Waals surface area (Å²) >= 11 is 29.9. The number of carboxylic acid groups (broad SMARTS) is 1. The van der Waals surface area contributed by atoms with Gasteiger partial charge in [0, 0.05) is 0 Å². The van der Waals surface area contributed by atoms with Gasteiger partial charge in [0.2, 0.25) is 0 Å². The van der Waals surface area contributed by atoms with Crippen LogP contribution in [0.2, 0.25) is 25.1 Å². The minimum absolute atomic E-state index is 0.0198. The van der Waals surface area contributed by atoms with Gasteiger partial charge in [-0.25, -0.2) is 9.59 Å². The SMILES string of the molecule is CCOC(=O)N(c1c(Cl)c(Cl)c(Cl)c(Cl)c1Cl)[C@@H](C)C(=O)O. The number of hydrogen-bond acceptors (Lipinski definition) is 3. The standard InChI is InChI=1S/C12H10Cl5NO4/c1-3-22-12(21)18(4(2)11(19)20)10-8(16)6(14)5(13)7(15)9(10)17/h4H,3H2,1-2H3,(H,19,20)/t4-/m0/s1. The Kier molecular flexibility index (Phi) is 6.89. The normalized spacial score (nSPS) is 12.0. The second-order valence-corrected chi connectivity index (χ2v) is 5.89. The summed E-state index contributed by atoms with van der Waals surface area (Å²) in [5.74, 6) is -1.30. The van der Waals surface area contributed by atoms with Gasteiger partial charge in [-0.1, -0.05) is 58.0 Å². The van der Waals surface area contributed by atoms with Crippen molar-refractivity contribution in [2.24, 2.45) is 0 Å². The lowest BCUT2D eigenvalue weighted by Crippen LogP contribution is -2.44. The number of nitrogens with zero attached hydrogens (tertiary/aromatic N) is 1. The highest BCUT2D eigenvalue weighted by atomic mass is 35.5. The van der Waals surface area contributed by atoms with E-state index in [9.17, 15) is 14.7 Å². The zero-order valence-electron chi connectivity index (χ0n) is 11.3. The van der Waals surface area contributed by atoms with Crippen LogP contribution in [0.15, 0.2) is 0 Å². The molecule has 0 aliphatic rings. The van der Waals surface area contributed by atoms with Crippen molar-refractivity contribution in [3.63, 3.8) is 0 Å². The van der Waals surface area contributed by atoms with Gasteiger partial charge >= 0.3 is 12.1 Å². The van der Waals surface area contributed by atoms with E-state index < -0.39 is 18.1 Å². The number of anilines is 1. The summed E-state index contributed by atoms with van der Waals surface area (Å²) < 4.78 is 4.84. The fraction of sp³-hybridized carbons (Fsp3) is 0.333. The molecule has 0 aliphatic heterocycles. The van der Waals surface area contributed by atoms with Crippen molar-refractivity contribution in [1.82, 2.24) is 0 Å². The average molecular weight is 409 g/mol. The van der Waals surface area contributed by atoms with Crippen LogP contribution in [0.5, 0.6) is 0 Å². The van der Waals surface area contributed by atoms with Gasteiger partial charge in [0.05, 0.1) is 37.4 Å². The summed E-state index contributed by atoms with van der Waals surface area (Å²) in [7, 11) is 0. The monoisotopic (exact) mass is 407 g/mol. The molecule has 0 fully saturated rings. The molecule has 122 valence electrons. The molecule has 1 aromatic rings. The molecule has 0 bridgehead atoms. The molecule has 5 nitrogen and oxygen atoms in total. The average Bonchev–Trinajstić information content (AvgIpc) is 2.46. The number of ether oxygens (including phenoxy) is 1. The Balaban J connectivity index is 3.63. The van der Waals surface area contributed by atoms with Crippen LogP contribution >= 0.6 is 58.0 Å². The smallest absolute Gasteiger partial charge is 0.415 e. The molecular formula is C12H10Cl5NO4. The van der Waals surface area contributed by atoms with E-state index in [1.165, 1.54) is 6.92 Å². The topological polar surface area (TPSA) is 66.8 Å². The third kappa shape index (κ3) is 3.66. The summed E-state index contributed by atoms with van der Waals surface area (Å²) in [5.41, 5.74) is -0.184. The highest BCUT2D eigenvalue weighted by Gasteiger charge is 2.34. The molecule has 0 saturated heterocycles. The van der Waals surface area contributed by atoms with Crippen molar-refractivity contribution in [2.75, 3.05) is 11.5 Å². The first kappa shape index (κ1) is 19.5. The van der Waals surface area contributed by atoms with Gasteiger partial charge in [0.1, 0.15) is 6.04 Å². The van der Waals surface area contributed by atoms with E-state index in [1.807, 2.05) is 0 Å². The number of hydrogen-bond donors (Lipinski definition) is 1. The first-order valence-corrected chi connectivity index (χ1v) is 7.74. The molecule has 1 atom stereocenters. The lowest BCUT2D eigenvalue weighted by molar-refractivity contribution is -0.138. The fourth-order valence-corrected chi connectivity index (χ4v) is 2.86. The third-order valence-electron chi connectivity index (χ3n) is 2.64. The van der Waals surface area contributed by atoms with Gasteiger partial charge in [-0.3, -0.25) is 4.90 Å². The van der Waals surface area contributed by atoms with E-state index in [0.717, 1.165) is 4.90 Å². The van der Waals surface area contributed by atoms with Crippen LogP contribution in [0.4, 0.5) is 10.5 Å². The molecule has 22 heavy (non-hydrogen) atoms. The van der Waals surface area contributed by atoms with E-state index in [0.29, 0.717) is 0 Å². The van der Waals surface area contributed by atoms with E-state index in [-0.39, 0.29) is 37.4 Å². The number of carbonyl (C=O) groups is 2. The molecule has 0 saturated carbocycles. The van der Waals surface area contributed by atoms with Crippen LogP contribution in [0.25, 0.3) is 0 Å². The minimum atomic E-state index is -1.33. The number of carbonyl (C=O) groups excluding carboxylic acids is 1. The van der Waals surface area contributed by atoms with Crippen LogP contribution in [0.3, 0.4) is 0 Å². The molecule has 0 unspecified atom stereocenters. The Morgan fingerprint density at radius 2 is 1.45 bits per heavy atom.